The predicted molar refractivity (Wildman–Crippen MR) is 163 cm³/mol. The molecular formula is C32H32Cl2N2O8. The molecule has 2 amide bonds. The number of para-hydroxylation sites is 2. The van der Waals surface area contributed by atoms with Gasteiger partial charge in [-0.15, -0.1) is 0 Å². The van der Waals surface area contributed by atoms with Crippen LogP contribution in [0.4, 0.5) is 5.69 Å². The Morgan fingerprint density at radius 3 is 2.23 bits per heavy atom. The van der Waals surface area contributed by atoms with Crippen LogP contribution in [-0.4, -0.2) is 54.0 Å². The minimum Gasteiger partial charge on any atom is -0.489 e. The van der Waals surface area contributed by atoms with E-state index in [1.165, 1.54) is 0 Å². The number of carboxylic acid groups (broad SMARTS) is 1. The van der Waals surface area contributed by atoms with E-state index < -0.39 is 36.0 Å². The first kappa shape index (κ1) is 31.6. The largest absolute Gasteiger partial charge is 0.489 e. The van der Waals surface area contributed by atoms with E-state index in [9.17, 15) is 19.5 Å². The Morgan fingerprint density at radius 1 is 0.886 bits per heavy atom. The molecule has 10 nitrogen and oxygen atoms in total. The van der Waals surface area contributed by atoms with E-state index in [0.29, 0.717) is 38.4 Å². The van der Waals surface area contributed by atoms with Crippen molar-refractivity contribution in [2.45, 2.75) is 63.1 Å². The van der Waals surface area contributed by atoms with Crippen molar-refractivity contribution in [1.29, 1.82) is 0 Å². The lowest BCUT2D eigenvalue weighted by molar-refractivity contribution is -0.144. The van der Waals surface area contributed by atoms with Gasteiger partial charge in [-0.25, -0.2) is 4.79 Å². The number of carbonyl (C=O) groups excluding carboxylic acids is 2. The van der Waals surface area contributed by atoms with Gasteiger partial charge in [-0.05, 0) is 67.6 Å². The first-order chi connectivity index (χ1) is 21.3. The third kappa shape index (κ3) is 8.00. The maximum absolute atomic E-state index is 13.1. The second-order valence-electron chi connectivity index (χ2n) is 10.5. The first-order valence-electron chi connectivity index (χ1n) is 14.3. The molecule has 1 aliphatic carbocycles. The molecule has 0 bridgehead atoms. The number of hydrogen-bond donors (Lipinski definition) is 3. The molecule has 2 fully saturated rings. The van der Waals surface area contributed by atoms with Crippen molar-refractivity contribution in [1.82, 2.24) is 5.32 Å². The highest BCUT2D eigenvalue weighted by Gasteiger charge is 2.42. The summed E-state index contributed by atoms with van der Waals surface area (Å²) in [5.74, 6) is -1.57. The van der Waals surface area contributed by atoms with Crippen molar-refractivity contribution < 1.29 is 38.4 Å². The molecule has 1 aliphatic heterocycles. The SMILES string of the molecule is O=C(O)[C@H](Cc1ccc(OCc2c(Cl)cccc2Cl)cc1)NC(=O)[C@@H]1OCO[C@H]1C(=O)Nc1ccccc1OC1CCCC1. The molecule has 232 valence electrons. The van der Waals surface area contributed by atoms with Crippen molar-refractivity contribution in [3.05, 3.63) is 87.9 Å². The first-order valence-corrected chi connectivity index (χ1v) is 15.0. The number of amides is 2. The molecule has 0 unspecified atom stereocenters. The van der Waals surface area contributed by atoms with Crippen molar-refractivity contribution in [3.8, 4) is 11.5 Å². The molecule has 0 aromatic heterocycles. The van der Waals surface area contributed by atoms with Gasteiger partial charge >= 0.3 is 5.97 Å². The lowest BCUT2D eigenvalue weighted by atomic mass is 10.0. The minimum absolute atomic E-state index is 0.0198. The molecule has 3 aromatic carbocycles. The van der Waals surface area contributed by atoms with E-state index in [-0.39, 0.29) is 25.9 Å². The van der Waals surface area contributed by atoms with Crippen LogP contribution in [0.5, 0.6) is 11.5 Å². The molecule has 1 saturated heterocycles. The third-order valence-electron chi connectivity index (χ3n) is 7.45. The molecule has 5 rings (SSSR count). The molecule has 12 heteroatoms. The molecule has 1 heterocycles. The van der Waals surface area contributed by atoms with Crippen LogP contribution in [0.15, 0.2) is 66.7 Å². The molecule has 0 radical (unpaired) electrons. The van der Waals surface area contributed by atoms with Gasteiger partial charge in [-0.2, -0.15) is 0 Å². The molecule has 2 aliphatic rings. The third-order valence-corrected chi connectivity index (χ3v) is 8.16. The molecule has 3 atom stereocenters. The average molecular weight is 644 g/mol. The highest BCUT2D eigenvalue weighted by atomic mass is 35.5. The summed E-state index contributed by atoms with van der Waals surface area (Å²) in [6, 6.07) is 17.7. The van der Waals surface area contributed by atoms with Gasteiger partial charge in [0.15, 0.2) is 12.2 Å². The zero-order valence-corrected chi connectivity index (χ0v) is 25.2. The van der Waals surface area contributed by atoms with Crippen LogP contribution in [0.1, 0.15) is 36.8 Å². The molecule has 3 N–H and O–H groups in total. The summed E-state index contributed by atoms with van der Waals surface area (Å²) >= 11 is 12.4. The zero-order chi connectivity index (χ0) is 31.1. The number of ether oxygens (including phenoxy) is 4. The van der Waals surface area contributed by atoms with E-state index in [4.69, 9.17) is 42.1 Å². The molecule has 44 heavy (non-hydrogen) atoms. The van der Waals surface area contributed by atoms with Crippen LogP contribution in [0.2, 0.25) is 10.0 Å². The normalized spacial score (nSPS) is 18.9. The highest BCUT2D eigenvalue weighted by molar-refractivity contribution is 6.35. The number of rotatable bonds is 12. The van der Waals surface area contributed by atoms with Crippen LogP contribution in [-0.2, 0) is 36.9 Å². The van der Waals surface area contributed by atoms with Gasteiger partial charge < -0.3 is 34.7 Å². The Kier molecular flexibility index (Phi) is 10.6. The monoisotopic (exact) mass is 642 g/mol. The second-order valence-corrected chi connectivity index (χ2v) is 11.4. The summed E-state index contributed by atoms with van der Waals surface area (Å²) in [6.45, 7) is -0.141. The van der Waals surface area contributed by atoms with E-state index >= 15 is 0 Å². The average Bonchev–Trinajstić information content (AvgIpc) is 3.71. The molecular weight excluding hydrogens is 611 g/mol. The number of anilines is 1. The molecule has 3 aromatic rings. The van der Waals surface area contributed by atoms with Crippen molar-refractivity contribution in [2.75, 3.05) is 12.1 Å². The maximum Gasteiger partial charge on any atom is 0.326 e. The van der Waals surface area contributed by atoms with E-state index in [2.05, 4.69) is 10.6 Å². The second kappa shape index (κ2) is 14.8. The number of carboxylic acids is 1. The Bertz CT molecular complexity index is 1460. The summed E-state index contributed by atoms with van der Waals surface area (Å²) in [4.78, 5) is 38.3. The van der Waals surface area contributed by atoms with Crippen LogP contribution >= 0.6 is 23.2 Å². The molecule has 1 saturated carbocycles. The predicted octanol–water partition coefficient (Wildman–Crippen LogP) is 5.39. The number of hydrogen-bond acceptors (Lipinski definition) is 7. The van der Waals surface area contributed by atoms with E-state index in [1.54, 1.807) is 60.7 Å². The van der Waals surface area contributed by atoms with Gasteiger partial charge in [0.25, 0.3) is 11.8 Å². The summed E-state index contributed by atoms with van der Waals surface area (Å²) in [7, 11) is 0. The van der Waals surface area contributed by atoms with Crippen molar-refractivity contribution in [2.24, 2.45) is 0 Å². The fourth-order valence-electron chi connectivity index (χ4n) is 5.09. The lowest BCUT2D eigenvalue weighted by Crippen LogP contribution is -2.51. The molecule has 0 spiro atoms. The van der Waals surface area contributed by atoms with Crippen molar-refractivity contribution in [3.63, 3.8) is 0 Å². The van der Waals surface area contributed by atoms with Gasteiger partial charge in [-0.1, -0.05) is 53.5 Å². The topological polar surface area (TPSA) is 132 Å². The summed E-state index contributed by atoms with van der Waals surface area (Å²) < 4.78 is 22.7. The number of nitrogens with one attached hydrogen (secondary N) is 2. The van der Waals surface area contributed by atoms with Gasteiger partial charge in [0.2, 0.25) is 0 Å². The van der Waals surface area contributed by atoms with Crippen molar-refractivity contribution >= 4 is 46.7 Å². The van der Waals surface area contributed by atoms with Crippen LogP contribution in [0.25, 0.3) is 0 Å². The van der Waals surface area contributed by atoms with E-state index in [0.717, 1.165) is 25.7 Å². The Hall–Kier alpha value is -3.83. The number of aliphatic carboxylic acids is 1. The number of halogens is 2. The van der Waals surface area contributed by atoms with Crippen LogP contribution in [0.3, 0.4) is 0 Å². The van der Waals surface area contributed by atoms with Gasteiger partial charge in [0, 0.05) is 22.0 Å². The summed E-state index contributed by atoms with van der Waals surface area (Å²) in [5.41, 5.74) is 1.74. The highest BCUT2D eigenvalue weighted by Crippen LogP contribution is 2.31. The standard InChI is InChI=1S/C32H32Cl2N2O8/c33-23-8-5-9-24(34)22(23)17-41-20-14-12-19(13-15-20)16-26(32(39)40)36-31(38)29-28(42-18-43-29)30(37)35-25-10-3-4-11-27(25)44-21-6-1-2-7-21/h3-5,8-15,21,26,28-29H,1-2,6-7,16-18H2,(H,35,37)(H,36,38)(H,39,40)/t26-,28+,29+/m0/s1. The smallest absolute Gasteiger partial charge is 0.326 e. The number of benzene rings is 3. The van der Waals surface area contributed by atoms with Gasteiger partial charge in [-0.3, -0.25) is 9.59 Å². The minimum atomic E-state index is -1.34. The van der Waals surface area contributed by atoms with Crippen LogP contribution in [0, 0.1) is 0 Å². The lowest BCUT2D eigenvalue weighted by Gasteiger charge is -2.21. The summed E-state index contributed by atoms with van der Waals surface area (Å²) in [6.07, 6.45) is 1.54. The zero-order valence-electron chi connectivity index (χ0n) is 23.7. The maximum atomic E-state index is 13.1. The van der Waals surface area contributed by atoms with Crippen LogP contribution < -0.4 is 20.1 Å². The quantitative estimate of drug-likeness (QED) is 0.240. The fourth-order valence-corrected chi connectivity index (χ4v) is 5.59. The van der Waals surface area contributed by atoms with E-state index in [1.807, 2.05) is 6.07 Å². The number of carbonyl (C=O) groups is 3. The Balaban J connectivity index is 1.17. The Morgan fingerprint density at radius 2 is 1.55 bits per heavy atom. The van der Waals surface area contributed by atoms with Gasteiger partial charge in [0.05, 0.1) is 11.8 Å². The Labute approximate surface area is 264 Å². The van der Waals surface area contributed by atoms with Gasteiger partial charge in [0.1, 0.15) is 30.9 Å². The summed E-state index contributed by atoms with van der Waals surface area (Å²) in [5, 5.41) is 16.1. The fraction of sp³-hybridized carbons (Fsp3) is 0.344.